The van der Waals surface area contributed by atoms with Gasteiger partial charge in [0.05, 0.1) is 5.75 Å². The summed E-state index contributed by atoms with van der Waals surface area (Å²) in [7, 11) is 0. The van der Waals surface area contributed by atoms with Crippen LogP contribution in [-0.2, 0) is 0 Å². The Kier molecular flexibility index (Phi) is 5.19. The van der Waals surface area contributed by atoms with E-state index in [0.717, 1.165) is 22.6 Å². The number of nitrogens with zero attached hydrogens (tertiary/aromatic N) is 2. The molecule has 0 unspecified atom stereocenters. The van der Waals surface area contributed by atoms with Gasteiger partial charge in [0.2, 0.25) is 5.16 Å². The fourth-order valence-electron chi connectivity index (χ4n) is 2.23. The van der Waals surface area contributed by atoms with E-state index in [1.54, 1.807) is 6.08 Å². The SMILES string of the molecule is Cc1ccc(/C=C/c2nc(SCC(=O)c3ccc(C)c(C)c3)n[nH]2)o1. The van der Waals surface area contributed by atoms with E-state index in [4.69, 9.17) is 4.42 Å². The zero-order valence-corrected chi connectivity index (χ0v) is 15.2. The molecule has 3 aromatic rings. The first-order valence-electron chi connectivity index (χ1n) is 7.91. The van der Waals surface area contributed by atoms with Crippen molar-refractivity contribution in [3.8, 4) is 0 Å². The quantitative estimate of drug-likeness (QED) is 0.523. The van der Waals surface area contributed by atoms with Gasteiger partial charge >= 0.3 is 0 Å². The Morgan fingerprint density at radius 1 is 1.16 bits per heavy atom. The van der Waals surface area contributed by atoms with Crippen molar-refractivity contribution >= 4 is 29.7 Å². The summed E-state index contributed by atoms with van der Waals surface area (Å²) in [6, 6.07) is 9.55. The lowest BCUT2D eigenvalue weighted by Gasteiger charge is -2.03. The highest BCUT2D eigenvalue weighted by Gasteiger charge is 2.10. The van der Waals surface area contributed by atoms with Crippen LogP contribution in [0.5, 0.6) is 0 Å². The van der Waals surface area contributed by atoms with E-state index >= 15 is 0 Å². The first kappa shape index (κ1) is 17.2. The number of carbonyl (C=O) groups is 1. The Labute approximate surface area is 150 Å². The molecule has 0 aliphatic carbocycles. The molecule has 25 heavy (non-hydrogen) atoms. The standard InChI is InChI=1S/C19H19N3O2S/c1-12-4-6-15(10-13(12)2)17(23)11-25-19-20-18(21-22-19)9-8-16-7-5-14(3)24-16/h4-10H,11H2,1-3H3,(H,20,21,22)/b9-8+. The fourth-order valence-corrected chi connectivity index (χ4v) is 2.93. The summed E-state index contributed by atoms with van der Waals surface area (Å²) in [4.78, 5) is 16.6. The minimum Gasteiger partial charge on any atom is -0.462 e. The summed E-state index contributed by atoms with van der Waals surface area (Å²) < 4.78 is 5.46. The van der Waals surface area contributed by atoms with Crippen LogP contribution in [0.4, 0.5) is 0 Å². The molecule has 3 rings (SSSR count). The second-order valence-electron chi connectivity index (χ2n) is 5.80. The fraction of sp³-hybridized carbons (Fsp3) is 0.211. The number of H-pyrrole nitrogens is 1. The average Bonchev–Trinajstić information content (AvgIpc) is 3.22. The van der Waals surface area contributed by atoms with Gasteiger partial charge in [0.1, 0.15) is 17.3 Å². The van der Waals surface area contributed by atoms with Crippen molar-refractivity contribution in [2.24, 2.45) is 0 Å². The minimum absolute atomic E-state index is 0.0704. The minimum atomic E-state index is 0.0704. The maximum Gasteiger partial charge on any atom is 0.209 e. The molecule has 2 heterocycles. The third-order valence-corrected chi connectivity index (χ3v) is 4.66. The second-order valence-corrected chi connectivity index (χ2v) is 6.74. The van der Waals surface area contributed by atoms with E-state index < -0.39 is 0 Å². The summed E-state index contributed by atoms with van der Waals surface area (Å²) in [5.74, 6) is 2.61. The molecule has 0 spiro atoms. The summed E-state index contributed by atoms with van der Waals surface area (Å²) in [5, 5.41) is 7.51. The van der Waals surface area contributed by atoms with Crippen molar-refractivity contribution < 1.29 is 9.21 Å². The highest BCUT2D eigenvalue weighted by atomic mass is 32.2. The van der Waals surface area contributed by atoms with E-state index in [1.165, 1.54) is 17.3 Å². The number of furan rings is 1. The van der Waals surface area contributed by atoms with E-state index in [9.17, 15) is 4.79 Å². The van der Waals surface area contributed by atoms with Crippen LogP contribution in [0.2, 0.25) is 0 Å². The number of hydrogen-bond acceptors (Lipinski definition) is 5. The molecule has 1 N–H and O–H groups in total. The zero-order valence-electron chi connectivity index (χ0n) is 14.4. The molecule has 128 valence electrons. The van der Waals surface area contributed by atoms with Crippen LogP contribution in [0.1, 0.15) is 38.8 Å². The molecule has 0 amide bonds. The maximum absolute atomic E-state index is 12.3. The summed E-state index contributed by atoms with van der Waals surface area (Å²) in [6.45, 7) is 5.94. The highest BCUT2D eigenvalue weighted by Crippen LogP contribution is 2.17. The molecule has 0 fully saturated rings. The average molecular weight is 353 g/mol. The Balaban J connectivity index is 1.58. The van der Waals surface area contributed by atoms with Crippen LogP contribution >= 0.6 is 11.8 Å². The Bertz CT molecular complexity index is 924. The van der Waals surface area contributed by atoms with Gasteiger partial charge in [-0.15, -0.1) is 5.10 Å². The summed E-state index contributed by atoms with van der Waals surface area (Å²) in [5.41, 5.74) is 3.02. The Morgan fingerprint density at radius 2 is 2.00 bits per heavy atom. The number of hydrogen-bond donors (Lipinski definition) is 1. The number of benzene rings is 1. The molecular weight excluding hydrogens is 334 g/mol. The number of thioether (sulfide) groups is 1. The Morgan fingerprint density at radius 3 is 2.72 bits per heavy atom. The number of aromatic nitrogens is 3. The molecule has 0 aliphatic heterocycles. The second kappa shape index (κ2) is 7.53. The van der Waals surface area contributed by atoms with Gasteiger partial charge in [0, 0.05) is 5.56 Å². The van der Waals surface area contributed by atoms with Gasteiger partial charge in [-0.3, -0.25) is 9.89 Å². The van der Waals surface area contributed by atoms with Gasteiger partial charge < -0.3 is 4.42 Å². The topological polar surface area (TPSA) is 71.8 Å². The molecule has 6 heteroatoms. The normalized spacial score (nSPS) is 11.3. The van der Waals surface area contributed by atoms with Crippen molar-refractivity contribution in [1.29, 1.82) is 0 Å². The molecule has 0 saturated carbocycles. The number of ketones is 1. The predicted octanol–water partition coefficient (Wildman–Crippen LogP) is 4.47. The number of Topliss-reactive ketones (excluding diaryl/α,β-unsaturated/α-hetero) is 1. The van der Waals surface area contributed by atoms with Crippen molar-refractivity contribution in [1.82, 2.24) is 15.2 Å². The first-order chi connectivity index (χ1) is 12.0. The number of aryl methyl sites for hydroxylation is 3. The summed E-state index contributed by atoms with van der Waals surface area (Å²) >= 11 is 1.32. The Hall–Kier alpha value is -2.60. The van der Waals surface area contributed by atoms with Gasteiger partial charge in [-0.25, -0.2) is 4.98 Å². The van der Waals surface area contributed by atoms with Crippen LogP contribution in [0.15, 0.2) is 39.9 Å². The van der Waals surface area contributed by atoms with Gasteiger partial charge in [-0.05, 0) is 62.2 Å². The molecule has 0 aliphatic rings. The molecule has 0 bridgehead atoms. The number of aromatic amines is 1. The monoisotopic (exact) mass is 353 g/mol. The van der Waals surface area contributed by atoms with Crippen LogP contribution in [0.25, 0.3) is 12.2 Å². The maximum atomic E-state index is 12.3. The van der Waals surface area contributed by atoms with E-state index in [1.807, 2.05) is 57.2 Å². The lowest BCUT2D eigenvalue weighted by molar-refractivity contribution is 0.102. The number of carbonyl (C=O) groups excluding carboxylic acids is 1. The smallest absolute Gasteiger partial charge is 0.209 e. The molecule has 0 atom stereocenters. The van der Waals surface area contributed by atoms with Crippen LogP contribution in [0, 0.1) is 20.8 Å². The van der Waals surface area contributed by atoms with Gasteiger partial charge in [-0.1, -0.05) is 23.9 Å². The van der Waals surface area contributed by atoms with Crippen molar-refractivity contribution in [3.05, 3.63) is 64.4 Å². The number of rotatable bonds is 6. The largest absolute Gasteiger partial charge is 0.462 e. The van der Waals surface area contributed by atoms with E-state index in [0.29, 0.717) is 16.7 Å². The molecule has 0 radical (unpaired) electrons. The molecule has 5 nitrogen and oxygen atoms in total. The number of nitrogens with one attached hydrogen (secondary N) is 1. The molecule has 1 aromatic carbocycles. The highest BCUT2D eigenvalue weighted by molar-refractivity contribution is 7.99. The van der Waals surface area contributed by atoms with Crippen LogP contribution in [-0.4, -0.2) is 26.7 Å². The van der Waals surface area contributed by atoms with Crippen LogP contribution < -0.4 is 0 Å². The van der Waals surface area contributed by atoms with Crippen LogP contribution in [0.3, 0.4) is 0 Å². The lowest BCUT2D eigenvalue weighted by atomic mass is 10.0. The van der Waals surface area contributed by atoms with Crippen molar-refractivity contribution in [2.45, 2.75) is 25.9 Å². The van der Waals surface area contributed by atoms with E-state index in [-0.39, 0.29) is 5.78 Å². The lowest BCUT2D eigenvalue weighted by Crippen LogP contribution is -2.03. The van der Waals surface area contributed by atoms with E-state index in [2.05, 4.69) is 15.2 Å². The van der Waals surface area contributed by atoms with Gasteiger partial charge in [0.25, 0.3) is 0 Å². The van der Waals surface area contributed by atoms with Crippen molar-refractivity contribution in [2.75, 3.05) is 5.75 Å². The third kappa shape index (κ3) is 4.48. The van der Waals surface area contributed by atoms with Crippen molar-refractivity contribution in [3.63, 3.8) is 0 Å². The third-order valence-electron chi connectivity index (χ3n) is 3.81. The summed E-state index contributed by atoms with van der Waals surface area (Å²) in [6.07, 6.45) is 3.61. The molecular formula is C19H19N3O2S. The first-order valence-corrected chi connectivity index (χ1v) is 8.90. The zero-order chi connectivity index (χ0) is 17.8. The van der Waals surface area contributed by atoms with Gasteiger partial charge in [-0.2, -0.15) is 0 Å². The molecule has 2 aromatic heterocycles. The molecule has 0 saturated heterocycles. The van der Waals surface area contributed by atoms with Gasteiger partial charge in [0.15, 0.2) is 5.78 Å². The predicted molar refractivity (Wildman–Crippen MR) is 99.7 cm³/mol.